The Morgan fingerprint density at radius 3 is 2.58 bits per heavy atom. The van der Waals surface area contributed by atoms with Crippen molar-refractivity contribution in [1.29, 1.82) is 0 Å². The zero-order chi connectivity index (χ0) is 14.0. The minimum atomic E-state index is -0.314. The molecule has 0 aliphatic rings. The summed E-state index contributed by atoms with van der Waals surface area (Å²) < 4.78 is 5.15. The second kappa shape index (κ2) is 5.24. The van der Waals surface area contributed by atoms with Crippen molar-refractivity contribution in [2.45, 2.75) is 13.8 Å². The topological polar surface area (TPSA) is 68.3 Å². The van der Waals surface area contributed by atoms with Crippen molar-refractivity contribution in [2.24, 2.45) is 5.73 Å². The zero-order valence-corrected chi connectivity index (χ0v) is 11.5. The number of aryl methyl sites for hydroxylation is 2. The lowest BCUT2D eigenvalue weighted by atomic mass is 10.1. The average molecular weight is 274 g/mol. The summed E-state index contributed by atoms with van der Waals surface area (Å²) >= 11 is 5.02. The molecule has 2 rings (SSSR count). The van der Waals surface area contributed by atoms with Gasteiger partial charge in [-0.25, -0.2) is 0 Å². The van der Waals surface area contributed by atoms with Crippen LogP contribution in [0.5, 0.6) is 0 Å². The fourth-order valence-electron chi connectivity index (χ4n) is 1.88. The van der Waals surface area contributed by atoms with Crippen molar-refractivity contribution < 1.29 is 9.21 Å². The molecule has 4 nitrogen and oxygen atoms in total. The van der Waals surface area contributed by atoms with Gasteiger partial charge in [0.05, 0.1) is 12.0 Å². The molecule has 0 bridgehead atoms. The van der Waals surface area contributed by atoms with Crippen LogP contribution in [0.2, 0.25) is 0 Å². The Morgan fingerprint density at radius 1 is 1.26 bits per heavy atom. The summed E-state index contributed by atoms with van der Waals surface area (Å²) in [7, 11) is 0. The maximum Gasteiger partial charge on any atom is 0.291 e. The van der Waals surface area contributed by atoms with Gasteiger partial charge < -0.3 is 15.5 Å². The number of furan rings is 1. The molecule has 2 aromatic rings. The highest BCUT2D eigenvalue weighted by atomic mass is 32.1. The molecule has 0 radical (unpaired) electrons. The lowest BCUT2D eigenvalue weighted by Crippen LogP contribution is -2.18. The summed E-state index contributed by atoms with van der Waals surface area (Å²) in [5.74, 6) is -0.0269. The molecule has 0 unspecified atom stereocenters. The quantitative estimate of drug-likeness (QED) is 0.844. The van der Waals surface area contributed by atoms with E-state index < -0.39 is 0 Å². The van der Waals surface area contributed by atoms with E-state index >= 15 is 0 Å². The van der Waals surface area contributed by atoms with E-state index in [1.807, 2.05) is 26.0 Å². The number of hydrogen-bond donors (Lipinski definition) is 2. The number of nitrogens with one attached hydrogen (secondary N) is 1. The molecule has 1 aromatic heterocycles. The van der Waals surface area contributed by atoms with Crippen molar-refractivity contribution in [3.8, 4) is 0 Å². The van der Waals surface area contributed by atoms with E-state index in [0.717, 1.165) is 11.1 Å². The third-order valence-electron chi connectivity index (χ3n) is 2.84. The maximum absolute atomic E-state index is 12.1. The Bertz CT molecular complexity index is 647. The Labute approximate surface area is 116 Å². The van der Waals surface area contributed by atoms with Gasteiger partial charge in [-0.05, 0) is 31.5 Å². The van der Waals surface area contributed by atoms with Crippen LogP contribution < -0.4 is 11.1 Å². The average Bonchev–Trinajstić information content (AvgIpc) is 2.75. The number of anilines is 1. The molecular formula is C14H14N2O2S. The van der Waals surface area contributed by atoms with Gasteiger partial charge >= 0.3 is 0 Å². The van der Waals surface area contributed by atoms with Crippen molar-refractivity contribution in [3.05, 3.63) is 53.0 Å². The third kappa shape index (κ3) is 2.66. The number of nitrogens with two attached hydrogens (primary N) is 1. The van der Waals surface area contributed by atoms with Gasteiger partial charge in [0.25, 0.3) is 5.91 Å². The molecule has 1 amide bonds. The minimum Gasteiger partial charge on any atom is -0.459 e. The van der Waals surface area contributed by atoms with Crippen LogP contribution in [0.25, 0.3) is 0 Å². The van der Waals surface area contributed by atoms with Gasteiger partial charge in [-0.15, -0.1) is 0 Å². The summed E-state index contributed by atoms with van der Waals surface area (Å²) in [6.45, 7) is 3.70. The first-order valence-electron chi connectivity index (χ1n) is 5.75. The Hall–Kier alpha value is -2.14. The van der Waals surface area contributed by atoms with Crippen LogP contribution in [0.3, 0.4) is 0 Å². The Balaban J connectivity index is 2.35. The number of carbonyl (C=O) groups is 1. The maximum atomic E-state index is 12.1. The predicted octanol–water partition coefficient (Wildman–Crippen LogP) is 2.78. The molecule has 5 heteroatoms. The second-order valence-corrected chi connectivity index (χ2v) is 4.69. The van der Waals surface area contributed by atoms with Crippen LogP contribution in [-0.4, -0.2) is 10.9 Å². The van der Waals surface area contributed by atoms with Crippen LogP contribution in [0.15, 0.2) is 34.9 Å². The van der Waals surface area contributed by atoms with Gasteiger partial charge in [0.1, 0.15) is 4.99 Å². The van der Waals surface area contributed by atoms with Crippen LogP contribution >= 0.6 is 12.2 Å². The van der Waals surface area contributed by atoms with Gasteiger partial charge in [0.15, 0.2) is 5.76 Å². The molecule has 3 N–H and O–H groups in total. The third-order valence-corrected chi connectivity index (χ3v) is 3.04. The van der Waals surface area contributed by atoms with Crippen LogP contribution in [-0.2, 0) is 0 Å². The van der Waals surface area contributed by atoms with Crippen molar-refractivity contribution in [3.63, 3.8) is 0 Å². The van der Waals surface area contributed by atoms with E-state index in [2.05, 4.69) is 5.32 Å². The van der Waals surface area contributed by atoms with Gasteiger partial charge in [0, 0.05) is 11.1 Å². The summed E-state index contributed by atoms with van der Waals surface area (Å²) in [5, 5.41) is 2.78. The molecule has 19 heavy (non-hydrogen) atoms. The summed E-state index contributed by atoms with van der Waals surface area (Å²) in [6, 6.07) is 7.22. The summed E-state index contributed by atoms with van der Waals surface area (Å²) in [4.78, 5) is 12.3. The van der Waals surface area contributed by atoms with E-state index in [1.54, 1.807) is 12.1 Å². The van der Waals surface area contributed by atoms with Gasteiger partial charge in [-0.1, -0.05) is 24.4 Å². The second-order valence-electron chi connectivity index (χ2n) is 4.25. The van der Waals surface area contributed by atoms with E-state index in [1.165, 1.54) is 6.26 Å². The number of benzene rings is 1. The molecule has 0 aliphatic carbocycles. The lowest BCUT2D eigenvalue weighted by Gasteiger charge is -2.12. The van der Waals surface area contributed by atoms with E-state index in [-0.39, 0.29) is 16.7 Å². The van der Waals surface area contributed by atoms with Gasteiger partial charge in [-0.3, -0.25) is 4.79 Å². The summed E-state index contributed by atoms with van der Waals surface area (Å²) in [5.41, 5.74) is 8.66. The fourth-order valence-corrected chi connectivity index (χ4v) is 2.15. The SMILES string of the molecule is Cc1ccoc1C(=O)Nc1cccc(C)c1C(N)=S. The monoisotopic (exact) mass is 274 g/mol. The molecule has 0 saturated heterocycles. The van der Waals surface area contributed by atoms with Crippen LogP contribution in [0.4, 0.5) is 5.69 Å². The first kappa shape index (κ1) is 13.3. The predicted molar refractivity (Wildman–Crippen MR) is 78.5 cm³/mol. The largest absolute Gasteiger partial charge is 0.459 e. The molecular weight excluding hydrogens is 260 g/mol. The summed E-state index contributed by atoms with van der Waals surface area (Å²) in [6.07, 6.45) is 1.48. The molecule has 0 atom stereocenters. The highest BCUT2D eigenvalue weighted by Crippen LogP contribution is 2.21. The molecule has 1 aromatic carbocycles. The van der Waals surface area contributed by atoms with Gasteiger partial charge in [-0.2, -0.15) is 0 Å². The molecule has 98 valence electrons. The zero-order valence-electron chi connectivity index (χ0n) is 10.7. The van der Waals surface area contributed by atoms with Crippen molar-refractivity contribution in [1.82, 2.24) is 0 Å². The highest BCUT2D eigenvalue weighted by Gasteiger charge is 2.16. The van der Waals surface area contributed by atoms with Crippen LogP contribution in [0.1, 0.15) is 27.2 Å². The minimum absolute atomic E-state index is 0.254. The van der Waals surface area contributed by atoms with E-state index in [0.29, 0.717) is 11.3 Å². The van der Waals surface area contributed by atoms with Gasteiger partial charge in [0.2, 0.25) is 0 Å². The molecule has 1 heterocycles. The highest BCUT2D eigenvalue weighted by molar-refractivity contribution is 7.80. The van der Waals surface area contributed by atoms with E-state index in [9.17, 15) is 4.79 Å². The number of thiocarbonyl (C=S) groups is 1. The first-order valence-corrected chi connectivity index (χ1v) is 6.16. The molecule has 0 fully saturated rings. The number of hydrogen-bond acceptors (Lipinski definition) is 3. The molecule has 0 saturated carbocycles. The first-order chi connectivity index (χ1) is 9.00. The normalized spacial score (nSPS) is 10.2. The van der Waals surface area contributed by atoms with E-state index in [4.69, 9.17) is 22.4 Å². The van der Waals surface area contributed by atoms with Crippen LogP contribution in [0, 0.1) is 13.8 Å². The fraction of sp³-hybridized carbons (Fsp3) is 0.143. The standard InChI is InChI=1S/C14H14N2O2S/c1-8-4-3-5-10(11(8)13(15)19)16-14(17)12-9(2)6-7-18-12/h3-7H,1-2H3,(H2,15,19)(H,16,17). The molecule has 0 aliphatic heterocycles. The number of amides is 1. The number of rotatable bonds is 3. The van der Waals surface area contributed by atoms with Crippen molar-refractivity contribution >= 4 is 28.8 Å². The Morgan fingerprint density at radius 2 is 2.00 bits per heavy atom. The smallest absolute Gasteiger partial charge is 0.291 e. The Kier molecular flexibility index (Phi) is 3.66. The lowest BCUT2D eigenvalue weighted by molar-refractivity contribution is 0.0996. The van der Waals surface area contributed by atoms with Crippen molar-refractivity contribution in [2.75, 3.05) is 5.32 Å². The molecule has 0 spiro atoms. The number of carbonyl (C=O) groups excluding carboxylic acids is 1.